The Balaban J connectivity index is 1.56. The Kier molecular flexibility index (Phi) is 6.32. The number of ether oxygens (including phenoxy) is 2. The van der Waals surface area contributed by atoms with Gasteiger partial charge in [-0.1, -0.05) is 18.9 Å². The fourth-order valence-electron chi connectivity index (χ4n) is 3.84. The molecule has 0 amide bonds. The molecular weight excluding hydrogens is 318 g/mol. The largest absolute Gasteiger partial charge is 0.493 e. The summed E-state index contributed by atoms with van der Waals surface area (Å²) in [6.45, 7) is 5.68. The van der Waals surface area contributed by atoms with E-state index in [0.717, 1.165) is 25.4 Å². The summed E-state index contributed by atoms with van der Waals surface area (Å²) in [6.07, 6.45) is 5.44. The molecule has 5 nitrogen and oxygen atoms in total. The fraction of sp³-hybridized carbons (Fsp3) is 0.650. The molecule has 1 N–H and O–H groups in total. The van der Waals surface area contributed by atoms with E-state index in [9.17, 15) is 4.79 Å². The van der Waals surface area contributed by atoms with Crippen molar-refractivity contribution in [3.05, 3.63) is 29.3 Å². The number of carboxylic acid groups (broad SMARTS) is 1. The van der Waals surface area contributed by atoms with Gasteiger partial charge in [-0.05, 0) is 48.9 Å². The third kappa shape index (κ3) is 5.19. The summed E-state index contributed by atoms with van der Waals surface area (Å²) in [7, 11) is 0. The number of carboxylic acids is 1. The van der Waals surface area contributed by atoms with Gasteiger partial charge in [-0.3, -0.25) is 9.69 Å². The molecule has 3 rings (SSSR count). The maximum Gasteiger partial charge on any atom is 0.304 e. The number of aliphatic carboxylic acids is 1. The molecule has 25 heavy (non-hydrogen) atoms. The van der Waals surface area contributed by atoms with Crippen LogP contribution in [0.3, 0.4) is 0 Å². The minimum absolute atomic E-state index is 0.00595. The summed E-state index contributed by atoms with van der Waals surface area (Å²) < 4.78 is 11.9. The van der Waals surface area contributed by atoms with Gasteiger partial charge in [-0.15, -0.1) is 0 Å². The third-order valence-electron chi connectivity index (χ3n) is 5.34. The van der Waals surface area contributed by atoms with Gasteiger partial charge in [-0.2, -0.15) is 0 Å². The van der Waals surface area contributed by atoms with Crippen LogP contribution >= 0.6 is 0 Å². The zero-order valence-corrected chi connectivity index (χ0v) is 15.1. The van der Waals surface area contributed by atoms with Gasteiger partial charge >= 0.3 is 5.97 Å². The SMILES string of the molecule is Cc1cc(OCC2CCCC2)ccc1C1CN(CCC(=O)O)CCO1. The topological polar surface area (TPSA) is 59.0 Å². The molecule has 2 aliphatic rings. The molecule has 1 unspecified atom stereocenters. The van der Waals surface area contributed by atoms with E-state index in [1.165, 1.54) is 36.8 Å². The van der Waals surface area contributed by atoms with Gasteiger partial charge in [0.05, 0.1) is 25.7 Å². The van der Waals surface area contributed by atoms with Gasteiger partial charge in [0.1, 0.15) is 5.75 Å². The number of rotatable bonds is 7. The second-order valence-corrected chi connectivity index (χ2v) is 7.28. The van der Waals surface area contributed by atoms with E-state index in [4.69, 9.17) is 14.6 Å². The van der Waals surface area contributed by atoms with Crippen LogP contribution in [0.25, 0.3) is 0 Å². The molecule has 1 aromatic rings. The molecular formula is C20H29NO4. The van der Waals surface area contributed by atoms with Crippen molar-refractivity contribution >= 4 is 5.97 Å². The van der Waals surface area contributed by atoms with Crippen LogP contribution in [0.5, 0.6) is 5.75 Å². The normalized spacial score (nSPS) is 22.2. The predicted octanol–water partition coefficient (Wildman–Crippen LogP) is 3.41. The molecule has 1 aliphatic carbocycles. The zero-order chi connectivity index (χ0) is 17.6. The quantitative estimate of drug-likeness (QED) is 0.819. The van der Waals surface area contributed by atoms with E-state index >= 15 is 0 Å². The summed E-state index contributed by atoms with van der Waals surface area (Å²) in [5.74, 6) is 0.902. The van der Waals surface area contributed by atoms with Crippen molar-refractivity contribution in [1.29, 1.82) is 0 Å². The highest BCUT2D eigenvalue weighted by Crippen LogP contribution is 2.29. The molecule has 0 radical (unpaired) electrons. The number of hydrogen-bond donors (Lipinski definition) is 1. The van der Waals surface area contributed by atoms with E-state index in [-0.39, 0.29) is 12.5 Å². The first-order valence-corrected chi connectivity index (χ1v) is 9.41. The molecule has 2 fully saturated rings. The molecule has 0 bridgehead atoms. The number of hydrogen-bond acceptors (Lipinski definition) is 4. The van der Waals surface area contributed by atoms with Crippen LogP contribution in [-0.2, 0) is 9.53 Å². The first kappa shape index (κ1) is 18.2. The average molecular weight is 347 g/mol. The monoisotopic (exact) mass is 347 g/mol. The molecule has 1 saturated heterocycles. The molecule has 1 heterocycles. The van der Waals surface area contributed by atoms with Crippen LogP contribution in [0.2, 0.25) is 0 Å². The Morgan fingerprint density at radius 1 is 1.36 bits per heavy atom. The Labute approximate surface area is 149 Å². The predicted molar refractivity (Wildman–Crippen MR) is 96.0 cm³/mol. The van der Waals surface area contributed by atoms with E-state index in [2.05, 4.69) is 24.0 Å². The summed E-state index contributed by atoms with van der Waals surface area (Å²) in [5, 5.41) is 8.86. The van der Waals surface area contributed by atoms with Crippen LogP contribution in [-0.4, -0.2) is 48.8 Å². The Morgan fingerprint density at radius 2 is 2.16 bits per heavy atom. The van der Waals surface area contributed by atoms with Crippen molar-refractivity contribution in [2.45, 2.75) is 45.1 Å². The van der Waals surface area contributed by atoms with Gasteiger partial charge in [0, 0.05) is 19.6 Å². The lowest BCUT2D eigenvalue weighted by molar-refractivity contribution is -0.137. The molecule has 138 valence electrons. The van der Waals surface area contributed by atoms with Crippen LogP contribution in [0.4, 0.5) is 0 Å². The second-order valence-electron chi connectivity index (χ2n) is 7.28. The van der Waals surface area contributed by atoms with Gasteiger partial charge in [-0.25, -0.2) is 0 Å². The van der Waals surface area contributed by atoms with Crippen molar-refractivity contribution < 1.29 is 19.4 Å². The molecule has 0 spiro atoms. The van der Waals surface area contributed by atoms with Crippen LogP contribution < -0.4 is 4.74 Å². The lowest BCUT2D eigenvalue weighted by atomic mass is 10.0. The van der Waals surface area contributed by atoms with Crippen LogP contribution in [0.1, 0.15) is 49.3 Å². The molecule has 1 saturated carbocycles. The molecule has 1 aromatic carbocycles. The van der Waals surface area contributed by atoms with E-state index in [1.807, 2.05) is 6.07 Å². The lowest BCUT2D eigenvalue weighted by Crippen LogP contribution is -2.39. The number of nitrogens with zero attached hydrogens (tertiary/aromatic N) is 1. The zero-order valence-electron chi connectivity index (χ0n) is 15.1. The van der Waals surface area contributed by atoms with Crippen molar-refractivity contribution in [2.24, 2.45) is 5.92 Å². The van der Waals surface area contributed by atoms with E-state index < -0.39 is 5.97 Å². The number of aryl methyl sites for hydroxylation is 1. The van der Waals surface area contributed by atoms with Crippen LogP contribution in [0.15, 0.2) is 18.2 Å². The minimum Gasteiger partial charge on any atom is -0.493 e. The number of benzene rings is 1. The standard InChI is InChI=1S/C20H29NO4/c1-15-12-17(25-14-16-4-2-3-5-16)6-7-18(15)19-13-21(10-11-24-19)9-8-20(22)23/h6-7,12,16,19H,2-5,8-11,13-14H2,1H3,(H,22,23). The highest BCUT2D eigenvalue weighted by molar-refractivity contribution is 5.66. The second kappa shape index (κ2) is 8.68. The van der Waals surface area contributed by atoms with Gasteiger partial charge in [0.2, 0.25) is 0 Å². The first-order chi connectivity index (χ1) is 12.1. The van der Waals surface area contributed by atoms with E-state index in [0.29, 0.717) is 19.1 Å². The Bertz CT molecular complexity index is 583. The van der Waals surface area contributed by atoms with Gasteiger partial charge in [0.15, 0.2) is 0 Å². The maximum absolute atomic E-state index is 10.8. The van der Waals surface area contributed by atoms with Gasteiger partial charge < -0.3 is 14.6 Å². The highest BCUT2D eigenvalue weighted by atomic mass is 16.5. The third-order valence-corrected chi connectivity index (χ3v) is 5.34. The van der Waals surface area contributed by atoms with Crippen molar-refractivity contribution in [3.63, 3.8) is 0 Å². The smallest absolute Gasteiger partial charge is 0.304 e. The summed E-state index contributed by atoms with van der Waals surface area (Å²) >= 11 is 0. The fourth-order valence-corrected chi connectivity index (χ4v) is 3.84. The van der Waals surface area contributed by atoms with E-state index in [1.54, 1.807) is 0 Å². The highest BCUT2D eigenvalue weighted by Gasteiger charge is 2.24. The summed E-state index contributed by atoms with van der Waals surface area (Å²) in [5.41, 5.74) is 2.35. The molecule has 1 atom stereocenters. The number of carbonyl (C=O) groups is 1. The minimum atomic E-state index is -0.747. The van der Waals surface area contributed by atoms with Crippen molar-refractivity contribution in [3.8, 4) is 5.75 Å². The molecule has 5 heteroatoms. The molecule has 1 aliphatic heterocycles. The Morgan fingerprint density at radius 3 is 2.88 bits per heavy atom. The maximum atomic E-state index is 10.8. The van der Waals surface area contributed by atoms with Gasteiger partial charge in [0.25, 0.3) is 0 Å². The van der Waals surface area contributed by atoms with Crippen LogP contribution in [0, 0.1) is 12.8 Å². The molecule has 0 aromatic heterocycles. The summed E-state index contributed by atoms with van der Waals surface area (Å²) in [6, 6.07) is 6.24. The Hall–Kier alpha value is -1.59. The number of morpholine rings is 1. The summed E-state index contributed by atoms with van der Waals surface area (Å²) in [4.78, 5) is 12.9. The first-order valence-electron chi connectivity index (χ1n) is 9.41. The van der Waals surface area contributed by atoms with Crippen molar-refractivity contribution in [2.75, 3.05) is 32.8 Å². The lowest BCUT2D eigenvalue weighted by Gasteiger charge is -2.33. The average Bonchev–Trinajstić information content (AvgIpc) is 3.12. The van der Waals surface area contributed by atoms with Crippen molar-refractivity contribution in [1.82, 2.24) is 4.90 Å².